The van der Waals surface area contributed by atoms with Gasteiger partial charge in [0.15, 0.2) is 5.13 Å². The van der Waals surface area contributed by atoms with Crippen molar-refractivity contribution in [1.82, 2.24) is 4.98 Å². The second-order valence-corrected chi connectivity index (χ2v) is 7.31. The zero-order valence-corrected chi connectivity index (χ0v) is 15.9. The van der Waals surface area contributed by atoms with Crippen LogP contribution in [0.3, 0.4) is 0 Å². The summed E-state index contributed by atoms with van der Waals surface area (Å²) in [6.45, 7) is 2.75. The molecule has 0 atom stereocenters. The van der Waals surface area contributed by atoms with Crippen LogP contribution in [-0.2, 0) is 11.0 Å². The summed E-state index contributed by atoms with van der Waals surface area (Å²) >= 11 is 1.06. The Kier molecular flexibility index (Phi) is 5.87. The lowest BCUT2D eigenvalue weighted by molar-refractivity contribution is -0.137. The number of aromatic nitrogens is 1. The van der Waals surface area contributed by atoms with E-state index in [2.05, 4.69) is 15.6 Å². The molecule has 28 heavy (non-hydrogen) atoms. The van der Waals surface area contributed by atoms with Crippen LogP contribution in [0.1, 0.15) is 42.2 Å². The molecule has 1 saturated heterocycles. The fraction of sp³-hybridized carbons (Fsp3) is 0.389. The van der Waals surface area contributed by atoms with E-state index in [0.717, 1.165) is 55.8 Å². The molecule has 10 heteroatoms. The Morgan fingerprint density at radius 3 is 2.50 bits per heavy atom. The first-order valence-corrected chi connectivity index (χ1v) is 9.62. The summed E-state index contributed by atoms with van der Waals surface area (Å²) < 4.78 is 39.4. The number of nitrogens with zero attached hydrogens (tertiary/aromatic N) is 2. The number of hydrogen-bond donors (Lipinski definition) is 2. The lowest BCUT2D eigenvalue weighted by Crippen LogP contribution is -2.30. The van der Waals surface area contributed by atoms with Crippen LogP contribution in [0.4, 0.5) is 29.7 Å². The Morgan fingerprint density at radius 2 is 1.86 bits per heavy atom. The maximum atomic E-state index is 13.1. The van der Waals surface area contributed by atoms with Gasteiger partial charge in [0, 0.05) is 25.4 Å². The van der Waals surface area contributed by atoms with Crippen molar-refractivity contribution in [2.45, 2.75) is 32.4 Å². The Hall–Kier alpha value is -2.62. The molecule has 0 aliphatic carbocycles. The number of anilines is 3. The minimum atomic E-state index is -4.51. The number of benzene rings is 1. The molecule has 1 aliphatic heterocycles. The average Bonchev–Trinajstić information content (AvgIpc) is 3.09. The lowest BCUT2D eigenvalue weighted by Gasteiger charge is -2.31. The van der Waals surface area contributed by atoms with Crippen molar-refractivity contribution in [3.63, 3.8) is 0 Å². The standard InChI is InChI=1S/C18H19F3N4O2S/c1-11(26)22-17-24-14(10-28-17)16(27)23-13-9-12(18(19,20)21)5-6-15(13)25-7-3-2-4-8-25/h5-6,9-10H,2-4,7-8H2,1H3,(H,23,27)(H,22,24,26). The molecule has 0 saturated carbocycles. The van der Waals surface area contributed by atoms with Gasteiger partial charge in [0.05, 0.1) is 16.9 Å². The number of alkyl halides is 3. The van der Waals surface area contributed by atoms with Crippen LogP contribution in [0.5, 0.6) is 0 Å². The van der Waals surface area contributed by atoms with Crippen LogP contribution in [0.15, 0.2) is 23.6 Å². The fourth-order valence-electron chi connectivity index (χ4n) is 3.00. The second-order valence-electron chi connectivity index (χ2n) is 6.45. The van der Waals surface area contributed by atoms with E-state index in [0.29, 0.717) is 5.69 Å². The predicted molar refractivity (Wildman–Crippen MR) is 102 cm³/mol. The van der Waals surface area contributed by atoms with Crippen molar-refractivity contribution in [3.8, 4) is 0 Å². The minimum Gasteiger partial charge on any atom is -0.370 e. The van der Waals surface area contributed by atoms with Crippen LogP contribution < -0.4 is 15.5 Å². The largest absolute Gasteiger partial charge is 0.416 e. The van der Waals surface area contributed by atoms with Gasteiger partial charge in [-0.05, 0) is 37.5 Å². The van der Waals surface area contributed by atoms with E-state index >= 15 is 0 Å². The summed E-state index contributed by atoms with van der Waals surface area (Å²) in [6, 6.07) is 3.37. The van der Waals surface area contributed by atoms with Gasteiger partial charge in [0.25, 0.3) is 5.91 Å². The highest BCUT2D eigenvalue weighted by Crippen LogP contribution is 2.36. The Labute approximate surface area is 163 Å². The second kappa shape index (κ2) is 8.17. The third kappa shape index (κ3) is 4.80. The summed E-state index contributed by atoms with van der Waals surface area (Å²) in [4.78, 5) is 29.6. The maximum Gasteiger partial charge on any atom is 0.416 e. The fourth-order valence-corrected chi connectivity index (χ4v) is 3.73. The molecule has 0 radical (unpaired) electrons. The van der Waals surface area contributed by atoms with Crippen LogP contribution in [-0.4, -0.2) is 29.9 Å². The summed E-state index contributed by atoms with van der Waals surface area (Å²) in [6.07, 6.45) is -1.55. The summed E-state index contributed by atoms with van der Waals surface area (Å²) in [5.41, 5.74) is -0.161. The molecule has 2 aromatic rings. The van der Waals surface area contributed by atoms with Crippen LogP contribution in [0, 0.1) is 0 Å². The van der Waals surface area contributed by atoms with E-state index < -0.39 is 17.6 Å². The Balaban J connectivity index is 1.88. The number of thiazole rings is 1. The zero-order valence-electron chi connectivity index (χ0n) is 15.1. The molecule has 3 rings (SSSR count). The number of halogens is 3. The molecule has 1 aliphatic rings. The van der Waals surface area contributed by atoms with Crippen molar-refractivity contribution in [2.24, 2.45) is 0 Å². The minimum absolute atomic E-state index is 0.0238. The van der Waals surface area contributed by atoms with Gasteiger partial charge < -0.3 is 15.5 Å². The van der Waals surface area contributed by atoms with Crippen LogP contribution in [0.2, 0.25) is 0 Å². The molecule has 2 N–H and O–H groups in total. The molecule has 0 unspecified atom stereocenters. The molecular formula is C18H19F3N4O2S. The molecular weight excluding hydrogens is 393 g/mol. The highest BCUT2D eigenvalue weighted by atomic mass is 32.1. The highest BCUT2D eigenvalue weighted by Gasteiger charge is 2.32. The monoisotopic (exact) mass is 412 g/mol. The summed E-state index contributed by atoms with van der Waals surface area (Å²) in [5, 5.41) is 6.71. The van der Waals surface area contributed by atoms with Crippen LogP contribution in [0.25, 0.3) is 0 Å². The number of piperidine rings is 1. The van der Waals surface area contributed by atoms with Gasteiger partial charge in [-0.15, -0.1) is 11.3 Å². The van der Waals surface area contributed by atoms with E-state index in [4.69, 9.17) is 0 Å². The smallest absolute Gasteiger partial charge is 0.370 e. The number of amides is 2. The predicted octanol–water partition coefficient (Wildman–Crippen LogP) is 4.36. The third-order valence-electron chi connectivity index (χ3n) is 4.29. The van der Waals surface area contributed by atoms with E-state index in [1.165, 1.54) is 18.4 Å². The molecule has 0 bridgehead atoms. The average molecular weight is 412 g/mol. The lowest BCUT2D eigenvalue weighted by atomic mass is 10.1. The quantitative estimate of drug-likeness (QED) is 0.782. The first-order chi connectivity index (χ1) is 13.2. The molecule has 6 nitrogen and oxygen atoms in total. The zero-order chi connectivity index (χ0) is 20.3. The van der Waals surface area contributed by atoms with Crippen molar-refractivity contribution in [2.75, 3.05) is 28.6 Å². The molecule has 0 spiro atoms. The first-order valence-electron chi connectivity index (χ1n) is 8.75. The first kappa shape index (κ1) is 20.1. The van der Waals surface area contributed by atoms with Crippen molar-refractivity contribution < 1.29 is 22.8 Å². The van der Waals surface area contributed by atoms with Gasteiger partial charge >= 0.3 is 6.18 Å². The van der Waals surface area contributed by atoms with E-state index in [1.807, 2.05) is 4.90 Å². The number of nitrogens with one attached hydrogen (secondary N) is 2. The third-order valence-corrected chi connectivity index (χ3v) is 5.05. The van der Waals surface area contributed by atoms with Gasteiger partial charge in [0.1, 0.15) is 5.69 Å². The highest BCUT2D eigenvalue weighted by molar-refractivity contribution is 7.14. The van der Waals surface area contributed by atoms with E-state index in [9.17, 15) is 22.8 Å². The topological polar surface area (TPSA) is 74.3 Å². The van der Waals surface area contributed by atoms with Gasteiger partial charge in [-0.3, -0.25) is 9.59 Å². The number of rotatable bonds is 4. The Bertz CT molecular complexity index is 876. The molecule has 1 fully saturated rings. The van der Waals surface area contributed by atoms with E-state index in [-0.39, 0.29) is 22.4 Å². The van der Waals surface area contributed by atoms with Crippen molar-refractivity contribution >= 4 is 39.7 Å². The van der Waals surface area contributed by atoms with Gasteiger partial charge in [-0.1, -0.05) is 0 Å². The summed E-state index contributed by atoms with van der Waals surface area (Å²) in [7, 11) is 0. The molecule has 2 heterocycles. The van der Waals surface area contributed by atoms with Crippen molar-refractivity contribution in [3.05, 3.63) is 34.8 Å². The number of hydrogen-bond acceptors (Lipinski definition) is 5. The number of carbonyl (C=O) groups excluding carboxylic acids is 2. The molecule has 1 aromatic heterocycles. The molecule has 2 amide bonds. The maximum absolute atomic E-state index is 13.1. The van der Waals surface area contributed by atoms with E-state index in [1.54, 1.807) is 0 Å². The van der Waals surface area contributed by atoms with Gasteiger partial charge in [0.2, 0.25) is 5.91 Å². The number of carbonyl (C=O) groups is 2. The van der Waals surface area contributed by atoms with Crippen molar-refractivity contribution in [1.29, 1.82) is 0 Å². The van der Waals surface area contributed by atoms with Crippen LogP contribution >= 0.6 is 11.3 Å². The SMILES string of the molecule is CC(=O)Nc1nc(C(=O)Nc2cc(C(F)(F)F)ccc2N2CCCCC2)cs1. The molecule has 1 aromatic carbocycles. The Morgan fingerprint density at radius 1 is 1.14 bits per heavy atom. The van der Waals surface area contributed by atoms with Gasteiger partial charge in [-0.25, -0.2) is 4.98 Å². The van der Waals surface area contributed by atoms with Gasteiger partial charge in [-0.2, -0.15) is 13.2 Å². The molecule has 150 valence electrons. The normalized spacial score (nSPS) is 14.6. The summed E-state index contributed by atoms with van der Waals surface area (Å²) in [5.74, 6) is -0.961.